The quantitative estimate of drug-likeness (QED) is 0.749. The molecule has 1 saturated carbocycles. The summed E-state index contributed by atoms with van der Waals surface area (Å²) in [5.74, 6) is 0.765. The molecule has 0 saturated heterocycles. The van der Waals surface area contributed by atoms with Gasteiger partial charge in [0, 0.05) is 12.7 Å². The van der Waals surface area contributed by atoms with E-state index in [0.29, 0.717) is 29.0 Å². The van der Waals surface area contributed by atoms with Gasteiger partial charge in [-0.25, -0.2) is 4.98 Å². The lowest BCUT2D eigenvalue weighted by Crippen LogP contribution is -2.27. The van der Waals surface area contributed by atoms with Crippen molar-refractivity contribution in [3.63, 3.8) is 0 Å². The number of hydrogen-bond acceptors (Lipinski definition) is 7. The van der Waals surface area contributed by atoms with E-state index in [1.54, 1.807) is 17.6 Å². The number of nitrogens with zero attached hydrogens (tertiary/aromatic N) is 3. The number of nitrogens with one attached hydrogen (secondary N) is 2. The van der Waals surface area contributed by atoms with Crippen LogP contribution in [0.15, 0.2) is 23.8 Å². The van der Waals surface area contributed by atoms with E-state index in [2.05, 4.69) is 25.8 Å². The number of carbonyl (C=O) groups excluding carboxylic acids is 1. The van der Waals surface area contributed by atoms with Gasteiger partial charge in [-0.15, -0.1) is 10.2 Å². The molecule has 1 aliphatic rings. The molecule has 23 heavy (non-hydrogen) atoms. The highest BCUT2D eigenvalue weighted by Gasteiger charge is 2.22. The van der Waals surface area contributed by atoms with Gasteiger partial charge in [0.25, 0.3) is 5.91 Å². The van der Waals surface area contributed by atoms with Gasteiger partial charge in [-0.1, -0.05) is 24.2 Å². The fraction of sp³-hybridized carbons (Fsp3) is 0.467. The third-order valence-electron chi connectivity index (χ3n) is 4.04. The molecule has 7 nitrogen and oxygen atoms in total. The number of carbonyl (C=O) groups is 1. The molecule has 3 rings (SSSR count). The van der Waals surface area contributed by atoms with Crippen LogP contribution in [0.3, 0.4) is 0 Å². The first-order chi connectivity index (χ1) is 11.2. The number of rotatable bonds is 6. The van der Waals surface area contributed by atoms with Gasteiger partial charge in [0.1, 0.15) is 11.3 Å². The minimum atomic E-state index is -0.348. The van der Waals surface area contributed by atoms with Crippen LogP contribution in [0.25, 0.3) is 0 Å². The predicted molar refractivity (Wildman–Crippen MR) is 88.6 cm³/mol. The molecule has 3 N–H and O–H groups in total. The molecular formula is C15H19N5O2S. The predicted octanol–water partition coefficient (Wildman–Crippen LogP) is 2.15. The zero-order valence-corrected chi connectivity index (χ0v) is 13.4. The fourth-order valence-corrected chi connectivity index (χ4v) is 3.19. The van der Waals surface area contributed by atoms with Crippen molar-refractivity contribution in [1.29, 1.82) is 0 Å². The van der Waals surface area contributed by atoms with Crippen molar-refractivity contribution >= 4 is 28.2 Å². The lowest BCUT2D eigenvalue weighted by molar-refractivity contribution is 0.102. The maximum Gasteiger partial charge on any atom is 0.259 e. The molecule has 1 atom stereocenters. The van der Waals surface area contributed by atoms with E-state index in [1.165, 1.54) is 30.4 Å². The summed E-state index contributed by atoms with van der Waals surface area (Å²) in [5, 5.41) is 23.8. The van der Waals surface area contributed by atoms with Crippen LogP contribution in [0.2, 0.25) is 0 Å². The van der Waals surface area contributed by atoms with Crippen LogP contribution in [0, 0.1) is 5.92 Å². The lowest BCUT2D eigenvalue weighted by Gasteiger charge is -2.18. The number of aromatic nitrogens is 3. The molecule has 0 bridgehead atoms. The second-order valence-corrected chi connectivity index (χ2v) is 6.46. The van der Waals surface area contributed by atoms with E-state index in [0.717, 1.165) is 12.8 Å². The Morgan fingerprint density at radius 3 is 2.87 bits per heavy atom. The molecule has 0 aliphatic heterocycles. The van der Waals surface area contributed by atoms with Crippen LogP contribution in [0.1, 0.15) is 36.0 Å². The average molecular weight is 333 g/mol. The summed E-state index contributed by atoms with van der Waals surface area (Å²) in [5.41, 5.74) is 2.00. The van der Waals surface area contributed by atoms with E-state index >= 15 is 0 Å². The summed E-state index contributed by atoms with van der Waals surface area (Å²) in [7, 11) is 0. The molecule has 8 heteroatoms. The third kappa shape index (κ3) is 4.23. The van der Waals surface area contributed by atoms with E-state index in [-0.39, 0.29) is 12.0 Å². The highest BCUT2D eigenvalue weighted by Crippen LogP contribution is 2.27. The second-order valence-electron chi connectivity index (χ2n) is 5.62. The summed E-state index contributed by atoms with van der Waals surface area (Å²) in [4.78, 5) is 16.2. The van der Waals surface area contributed by atoms with Crippen LogP contribution >= 0.6 is 11.3 Å². The molecule has 0 spiro atoms. The molecule has 1 aliphatic carbocycles. The Morgan fingerprint density at radius 2 is 2.22 bits per heavy atom. The molecule has 122 valence electrons. The monoisotopic (exact) mass is 333 g/mol. The molecule has 1 unspecified atom stereocenters. The van der Waals surface area contributed by atoms with Crippen molar-refractivity contribution in [2.24, 2.45) is 5.92 Å². The van der Waals surface area contributed by atoms with Crippen molar-refractivity contribution in [2.45, 2.75) is 31.8 Å². The SMILES string of the molecule is O=C(Nc1nncs1)c1ccc(NCC(O)C2CCCC2)nc1. The number of aliphatic hydroxyl groups is 1. The Hall–Kier alpha value is -2.06. The van der Waals surface area contributed by atoms with Crippen LogP contribution < -0.4 is 10.6 Å². The number of anilines is 2. The zero-order valence-electron chi connectivity index (χ0n) is 12.6. The molecule has 2 aromatic rings. The summed E-state index contributed by atoms with van der Waals surface area (Å²) >= 11 is 1.26. The maximum absolute atomic E-state index is 12.0. The van der Waals surface area contributed by atoms with Gasteiger partial charge < -0.3 is 10.4 Å². The minimum Gasteiger partial charge on any atom is -0.391 e. The van der Waals surface area contributed by atoms with Gasteiger partial charge in [-0.2, -0.15) is 0 Å². The standard InChI is InChI=1S/C15H19N5O2S/c21-12(10-3-1-2-4-10)8-17-13-6-5-11(7-16-13)14(22)19-15-20-18-9-23-15/h5-7,9-10,12,21H,1-4,8H2,(H,16,17)(H,19,20,22). The number of amides is 1. The second kappa shape index (κ2) is 7.47. The number of aliphatic hydroxyl groups excluding tert-OH is 1. The molecule has 2 heterocycles. The third-order valence-corrected chi connectivity index (χ3v) is 4.65. The van der Waals surface area contributed by atoms with Gasteiger partial charge in [-0.3, -0.25) is 10.1 Å². The van der Waals surface area contributed by atoms with E-state index < -0.39 is 0 Å². The molecule has 2 aromatic heterocycles. The smallest absolute Gasteiger partial charge is 0.259 e. The lowest BCUT2D eigenvalue weighted by atomic mass is 10.0. The molecule has 0 aromatic carbocycles. The minimum absolute atomic E-state index is 0.271. The Kier molecular flexibility index (Phi) is 5.14. The largest absolute Gasteiger partial charge is 0.391 e. The number of hydrogen-bond donors (Lipinski definition) is 3. The molecule has 1 amide bonds. The van der Waals surface area contributed by atoms with Crippen LogP contribution in [-0.4, -0.2) is 38.8 Å². The molecule has 1 fully saturated rings. The van der Waals surface area contributed by atoms with Crippen molar-refractivity contribution in [1.82, 2.24) is 15.2 Å². The Morgan fingerprint density at radius 1 is 1.39 bits per heavy atom. The van der Waals surface area contributed by atoms with E-state index in [4.69, 9.17) is 0 Å². The zero-order chi connectivity index (χ0) is 16.1. The normalized spacial score (nSPS) is 16.2. The Balaban J connectivity index is 1.51. The first-order valence-electron chi connectivity index (χ1n) is 7.68. The summed E-state index contributed by atoms with van der Waals surface area (Å²) in [6.07, 6.45) is 5.76. The van der Waals surface area contributed by atoms with Crippen LogP contribution in [0.4, 0.5) is 10.9 Å². The first kappa shape index (κ1) is 15.8. The summed E-state index contributed by atoms with van der Waals surface area (Å²) in [6, 6.07) is 3.42. The van der Waals surface area contributed by atoms with Crippen molar-refractivity contribution < 1.29 is 9.90 Å². The van der Waals surface area contributed by atoms with Gasteiger partial charge in [0.2, 0.25) is 5.13 Å². The Bertz CT molecular complexity index is 626. The maximum atomic E-state index is 12.0. The fourth-order valence-electron chi connectivity index (χ4n) is 2.75. The van der Waals surface area contributed by atoms with Crippen molar-refractivity contribution in [2.75, 3.05) is 17.2 Å². The summed E-state index contributed by atoms with van der Waals surface area (Å²) < 4.78 is 0. The van der Waals surface area contributed by atoms with Gasteiger partial charge in [-0.05, 0) is 30.9 Å². The topological polar surface area (TPSA) is 100 Å². The molecular weight excluding hydrogens is 314 g/mol. The molecule has 0 radical (unpaired) electrons. The van der Waals surface area contributed by atoms with Crippen LogP contribution in [-0.2, 0) is 0 Å². The Labute approximate surface area is 138 Å². The van der Waals surface area contributed by atoms with E-state index in [1.807, 2.05) is 0 Å². The van der Waals surface area contributed by atoms with Gasteiger partial charge in [0.15, 0.2) is 0 Å². The van der Waals surface area contributed by atoms with Gasteiger partial charge >= 0.3 is 0 Å². The van der Waals surface area contributed by atoms with Crippen molar-refractivity contribution in [3.05, 3.63) is 29.4 Å². The highest BCUT2D eigenvalue weighted by molar-refractivity contribution is 7.13. The first-order valence-corrected chi connectivity index (χ1v) is 8.56. The van der Waals surface area contributed by atoms with Gasteiger partial charge in [0.05, 0.1) is 11.7 Å². The number of pyridine rings is 1. The van der Waals surface area contributed by atoms with E-state index in [9.17, 15) is 9.90 Å². The average Bonchev–Trinajstić information content (AvgIpc) is 3.26. The summed E-state index contributed by atoms with van der Waals surface area (Å²) in [6.45, 7) is 0.480. The van der Waals surface area contributed by atoms with Crippen LogP contribution in [0.5, 0.6) is 0 Å². The highest BCUT2D eigenvalue weighted by atomic mass is 32.1. The van der Waals surface area contributed by atoms with Crippen molar-refractivity contribution in [3.8, 4) is 0 Å².